The second kappa shape index (κ2) is 15.3. The molecule has 3 aromatic carbocycles. The third-order valence-corrected chi connectivity index (χ3v) is 6.33. The second-order valence-corrected chi connectivity index (χ2v) is 9.53. The highest BCUT2D eigenvalue weighted by Crippen LogP contribution is 2.21. The fourth-order valence-electron chi connectivity index (χ4n) is 4.23. The van der Waals surface area contributed by atoms with Gasteiger partial charge in [0.15, 0.2) is 11.9 Å². The van der Waals surface area contributed by atoms with Crippen molar-refractivity contribution in [2.45, 2.75) is 32.0 Å². The first-order chi connectivity index (χ1) is 20.5. The van der Waals surface area contributed by atoms with E-state index in [9.17, 15) is 9.59 Å². The summed E-state index contributed by atoms with van der Waals surface area (Å²) in [5.74, 6) is -0.487. The molecule has 4 aromatic rings. The van der Waals surface area contributed by atoms with Crippen LogP contribution < -0.4 is 27.4 Å². The number of nitrogens with one attached hydrogen (secondary N) is 3. The van der Waals surface area contributed by atoms with Gasteiger partial charge >= 0.3 is 6.03 Å². The summed E-state index contributed by atoms with van der Waals surface area (Å²) in [7, 11) is 0. The zero-order valence-electron chi connectivity index (χ0n) is 23.1. The van der Waals surface area contributed by atoms with Crippen LogP contribution in [-0.4, -0.2) is 28.8 Å². The number of aliphatic imine (C=N–C) groups is 2. The molecule has 0 saturated carbocycles. The Morgan fingerprint density at radius 1 is 0.714 bits per heavy atom. The number of hydrogen-bond acceptors (Lipinski definition) is 5. The molecule has 42 heavy (non-hydrogen) atoms. The molecule has 10 heteroatoms. The minimum atomic E-state index is -0.649. The lowest BCUT2D eigenvalue weighted by Crippen LogP contribution is -2.48. The molecule has 1 atom stereocenters. The molecule has 0 bridgehead atoms. The van der Waals surface area contributed by atoms with Gasteiger partial charge in [0.2, 0.25) is 5.91 Å². The summed E-state index contributed by atoms with van der Waals surface area (Å²) in [5.41, 5.74) is 16.4. The average molecular weight is 563 g/mol. The van der Waals surface area contributed by atoms with E-state index in [-0.39, 0.29) is 36.8 Å². The topological polar surface area (TPSA) is 160 Å². The Morgan fingerprint density at radius 2 is 1.31 bits per heavy atom. The Morgan fingerprint density at radius 3 is 1.98 bits per heavy atom. The molecular weight excluding hydrogens is 528 g/mol. The summed E-state index contributed by atoms with van der Waals surface area (Å²) in [4.78, 5) is 37.8. The van der Waals surface area contributed by atoms with Crippen LogP contribution in [0.4, 0.5) is 4.79 Å². The number of nitrogens with two attached hydrogens (primary N) is 2. The standard InChI is InChI=1S/C32H34N8O2/c33-30(39-32(42)40-31(34)38-22-26-13-8-16-35-19-26)37-21-25-12-7-11-24(17-25)20-36-29(41)28(27-14-5-2-6-15-27)18-23-9-3-1-4-10-23/h1-17,19,28H,18,20-22H2,(H,36,41)(H6,33,34,37,38,39,40,42). The lowest BCUT2D eigenvalue weighted by atomic mass is 9.91. The Kier molecular flexibility index (Phi) is 10.8. The van der Waals surface area contributed by atoms with Crippen molar-refractivity contribution in [2.75, 3.05) is 0 Å². The number of amides is 3. The van der Waals surface area contributed by atoms with E-state index in [0.717, 1.165) is 27.8 Å². The van der Waals surface area contributed by atoms with Gasteiger partial charge in [0.1, 0.15) is 0 Å². The number of hydrogen-bond donors (Lipinski definition) is 5. The number of guanidine groups is 2. The maximum absolute atomic E-state index is 13.3. The van der Waals surface area contributed by atoms with Crippen molar-refractivity contribution < 1.29 is 9.59 Å². The Bertz CT molecular complexity index is 1510. The molecular formula is C32H34N8O2. The number of carbonyl (C=O) groups is 2. The molecule has 0 aliphatic carbocycles. The molecule has 0 saturated heterocycles. The summed E-state index contributed by atoms with van der Waals surface area (Å²) in [6, 6.07) is 30.4. The maximum Gasteiger partial charge on any atom is 0.328 e. The second-order valence-electron chi connectivity index (χ2n) is 9.53. The molecule has 214 valence electrons. The van der Waals surface area contributed by atoms with Crippen LogP contribution in [0.25, 0.3) is 0 Å². The van der Waals surface area contributed by atoms with Crippen molar-refractivity contribution in [2.24, 2.45) is 21.5 Å². The van der Waals surface area contributed by atoms with Gasteiger partial charge in [-0.15, -0.1) is 0 Å². The molecule has 0 aliphatic heterocycles. The summed E-state index contributed by atoms with van der Waals surface area (Å²) in [6.07, 6.45) is 3.93. The van der Waals surface area contributed by atoms with Gasteiger partial charge in [-0.3, -0.25) is 20.4 Å². The fraction of sp³-hybridized carbons (Fsp3) is 0.156. The van der Waals surface area contributed by atoms with Crippen molar-refractivity contribution in [3.8, 4) is 0 Å². The van der Waals surface area contributed by atoms with Crippen molar-refractivity contribution in [1.82, 2.24) is 20.9 Å². The number of carbonyl (C=O) groups excluding carboxylic acids is 2. The molecule has 10 nitrogen and oxygen atoms in total. The summed E-state index contributed by atoms with van der Waals surface area (Å²) >= 11 is 0. The number of rotatable bonds is 10. The monoisotopic (exact) mass is 562 g/mol. The third-order valence-electron chi connectivity index (χ3n) is 6.33. The van der Waals surface area contributed by atoms with Gasteiger partial charge in [-0.2, -0.15) is 0 Å². The third kappa shape index (κ3) is 9.60. The van der Waals surface area contributed by atoms with Crippen LogP contribution in [0.3, 0.4) is 0 Å². The molecule has 7 N–H and O–H groups in total. The smallest absolute Gasteiger partial charge is 0.328 e. The molecule has 0 radical (unpaired) electrons. The van der Waals surface area contributed by atoms with Crippen LogP contribution in [0.5, 0.6) is 0 Å². The van der Waals surface area contributed by atoms with Gasteiger partial charge in [0.05, 0.1) is 19.0 Å². The Labute approximate surface area is 245 Å². The number of nitrogens with zero attached hydrogens (tertiary/aromatic N) is 3. The first-order valence-electron chi connectivity index (χ1n) is 13.5. The van der Waals surface area contributed by atoms with E-state index in [2.05, 4.69) is 30.9 Å². The van der Waals surface area contributed by atoms with E-state index < -0.39 is 6.03 Å². The number of pyridine rings is 1. The van der Waals surface area contributed by atoms with E-state index in [4.69, 9.17) is 11.5 Å². The zero-order chi connectivity index (χ0) is 29.6. The van der Waals surface area contributed by atoms with Gasteiger partial charge in [0.25, 0.3) is 0 Å². The minimum Gasteiger partial charge on any atom is -0.370 e. The van der Waals surface area contributed by atoms with Gasteiger partial charge in [0, 0.05) is 18.9 Å². The van der Waals surface area contributed by atoms with Crippen molar-refractivity contribution in [3.63, 3.8) is 0 Å². The van der Waals surface area contributed by atoms with E-state index in [1.807, 2.05) is 91.0 Å². The molecule has 0 spiro atoms. The van der Waals surface area contributed by atoms with Crippen LogP contribution in [0.2, 0.25) is 0 Å². The van der Waals surface area contributed by atoms with E-state index >= 15 is 0 Å². The van der Waals surface area contributed by atoms with Crippen LogP contribution in [-0.2, 0) is 30.8 Å². The quantitative estimate of drug-likeness (QED) is 0.148. The predicted molar refractivity (Wildman–Crippen MR) is 164 cm³/mol. The van der Waals surface area contributed by atoms with Crippen LogP contribution in [0.1, 0.15) is 33.7 Å². The average Bonchev–Trinajstić information content (AvgIpc) is 3.02. The van der Waals surface area contributed by atoms with Gasteiger partial charge in [-0.25, -0.2) is 14.8 Å². The number of benzene rings is 3. The van der Waals surface area contributed by atoms with Gasteiger partial charge in [-0.1, -0.05) is 91.0 Å². The molecule has 1 aromatic heterocycles. The van der Waals surface area contributed by atoms with Crippen molar-refractivity contribution >= 4 is 23.9 Å². The van der Waals surface area contributed by atoms with Crippen LogP contribution in [0, 0.1) is 0 Å². The van der Waals surface area contributed by atoms with E-state index in [1.165, 1.54) is 0 Å². The summed E-state index contributed by atoms with van der Waals surface area (Å²) in [5, 5.41) is 7.92. The van der Waals surface area contributed by atoms with Crippen molar-refractivity contribution in [1.29, 1.82) is 0 Å². The molecule has 3 amide bonds. The molecule has 1 unspecified atom stereocenters. The Hall–Kier alpha value is -5.51. The first-order valence-corrected chi connectivity index (χ1v) is 13.5. The van der Waals surface area contributed by atoms with Gasteiger partial charge < -0.3 is 16.8 Å². The molecule has 1 heterocycles. The SMILES string of the molecule is NC(=NCc1cccnc1)NC(=O)NC(N)=NCc1cccc(CNC(=O)C(Cc2ccccc2)c2ccccc2)c1. The highest BCUT2D eigenvalue weighted by molar-refractivity contribution is 6.03. The lowest BCUT2D eigenvalue weighted by molar-refractivity contribution is -0.122. The molecule has 0 aliphatic rings. The van der Waals surface area contributed by atoms with Crippen LogP contribution >= 0.6 is 0 Å². The fourth-order valence-corrected chi connectivity index (χ4v) is 4.23. The Balaban J connectivity index is 1.29. The lowest BCUT2D eigenvalue weighted by Gasteiger charge is -2.18. The maximum atomic E-state index is 13.3. The van der Waals surface area contributed by atoms with Gasteiger partial charge in [-0.05, 0) is 40.3 Å². The first kappa shape index (κ1) is 29.5. The predicted octanol–water partition coefficient (Wildman–Crippen LogP) is 3.35. The normalized spacial score (nSPS) is 12.3. The van der Waals surface area contributed by atoms with Crippen molar-refractivity contribution in [3.05, 3.63) is 137 Å². The minimum absolute atomic E-state index is 0.0452. The highest BCUT2D eigenvalue weighted by Gasteiger charge is 2.20. The number of aromatic nitrogens is 1. The van der Waals surface area contributed by atoms with Crippen LogP contribution in [0.15, 0.2) is 119 Å². The largest absolute Gasteiger partial charge is 0.370 e. The zero-order valence-corrected chi connectivity index (χ0v) is 23.1. The van der Waals surface area contributed by atoms with E-state index in [1.54, 1.807) is 18.5 Å². The highest BCUT2D eigenvalue weighted by atomic mass is 16.2. The summed E-state index contributed by atoms with van der Waals surface area (Å²) < 4.78 is 0. The molecule has 0 fully saturated rings. The summed E-state index contributed by atoms with van der Waals surface area (Å²) in [6.45, 7) is 0.877. The van der Waals surface area contributed by atoms with E-state index in [0.29, 0.717) is 13.0 Å². The molecule has 4 rings (SSSR count). The number of urea groups is 1.